The van der Waals surface area contributed by atoms with Gasteiger partial charge >= 0.3 is 12.8 Å². The van der Waals surface area contributed by atoms with Crippen LogP contribution in [-0.2, 0) is 6.18 Å². The Labute approximate surface area is 153 Å². The lowest BCUT2D eigenvalue weighted by molar-refractivity contribution is -0.137. The minimum absolute atomic E-state index is 0.0203. The molecular weight excluding hydrogens is 367 g/mol. The van der Waals surface area contributed by atoms with E-state index in [1.165, 1.54) is 25.3 Å². The summed E-state index contributed by atoms with van der Waals surface area (Å²) in [7, 11) is 0. The van der Waals surface area contributed by atoms with Crippen LogP contribution >= 0.6 is 0 Å². The molecule has 1 unspecified atom stereocenters. The van der Waals surface area contributed by atoms with Crippen LogP contribution in [0.4, 0.5) is 27.6 Å². The summed E-state index contributed by atoms with van der Waals surface area (Å²) in [6.07, 6.45) is -1.31. The maximum absolute atomic E-state index is 13.1. The second-order valence-electron chi connectivity index (χ2n) is 6.03. The molecule has 1 aromatic heterocycles. The van der Waals surface area contributed by atoms with E-state index in [-0.39, 0.29) is 28.6 Å². The van der Waals surface area contributed by atoms with Crippen molar-refractivity contribution in [1.82, 2.24) is 4.98 Å². The van der Waals surface area contributed by atoms with Crippen LogP contribution < -0.4 is 4.74 Å². The summed E-state index contributed by atoms with van der Waals surface area (Å²) in [5, 5.41) is 0. The fourth-order valence-corrected chi connectivity index (χ4v) is 2.56. The van der Waals surface area contributed by atoms with Gasteiger partial charge in [0.25, 0.3) is 0 Å². The predicted molar refractivity (Wildman–Crippen MR) is 92.9 cm³/mol. The minimum Gasteiger partial charge on any atom is -0.432 e. The monoisotopic (exact) mass is 386 g/mol. The highest BCUT2D eigenvalue weighted by molar-refractivity contribution is 6.02. The fourth-order valence-electron chi connectivity index (χ4n) is 2.56. The molecule has 0 radical (unpaired) electrons. The number of pyridine rings is 1. The number of hydrogen-bond acceptors (Lipinski definition) is 3. The van der Waals surface area contributed by atoms with E-state index in [0.717, 1.165) is 18.3 Å². The highest BCUT2D eigenvalue weighted by Gasteiger charge is 2.31. The third-order valence-electron chi connectivity index (χ3n) is 4.18. The molecule has 0 N–H and O–H groups in total. The molecule has 0 fully saturated rings. The highest BCUT2D eigenvalue weighted by atomic mass is 19.4. The molecule has 0 aliphatic heterocycles. The molecule has 8 heteroatoms. The van der Waals surface area contributed by atoms with Gasteiger partial charge in [0.2, 0.25) is 0 Å². The molecule has 1 aromatic carbocycles. The Morgan fingerprint density at radius 1 is 1.22 bits per heavy atom. The molecule has 0 saturated carbocycles. The minimum atomic E-state index is -4.51. The topological polar surface area (TPSA) is 34.5 Å². The van der Waals surface area contributed by atoms with Gasteiger partial charge in [-0.2, -0.15) is 22.0 Å². The average Bonchev–Trinajstić information content (AvgIpc) is 2.60. The van der Waals surface area contributed by atoms with E-state index in [1.54, 1.807) is 0 Å². The lowest BCUT2D eigenvalue weighted by atomic mass is 9.95. The molecule has 146 valence electrons. The third kappa shape index (κ3) is 5.24. The first-order chi connectivity index (χ1) is 12.6. The lowest BCUT2D eigenvalue weighted by Gasteiger charge is -2.16. The van der Waals surface area contributed by atoms with Crippen molar-refractivity contribution in [3.63, 3.8) is 0 Å². The Morgan fingerprint density at radius 3 is 2.52 bits per heavy atom. The van der Waals surface area contributed by atoms with E-state index in [9.17, 15) is 22.0 Å². The molecule has 0 bridgehead atoms. The van der Waals surface area contributed by atoms with Crippen molar-refractivity contribution in [3.8, 4) is 5.75 Å². The van der Waals surface area contributed by atoms with Gasteiger partial charge in [-0.1, -0.05) is 19.9 Å². The maximum atomic E-state index is 13.1. The van der Waals surface area contributed by atoms with Gasteiger partial charge in [0, 0.05) is 17.5 Å². The van der Waals surface area contributed by atoms with Crippen molar-refractivity contribution in [2.75, 3.05) is 0 Å². The van der Waals surface area contributed by atoms with Gasteiger partial charge in [-0.05, 0) is 43.0 Å². The Kier molecular flexibility index (Phi) is 6.51. The van der Waals surface area contributed by atoms with Gasteiger partial charge in [0.1, 0.15) is 0 Å². The number of alkyl halides is 5. The van der Waals surface area contributed by atoms with Crippen LogP contribution in [0, 0.1) is 0 Å². The maximum Gasteiger partial charge on any atom is 0.416 e. The van der Waals surface area contributed by atoms with E-state index in [2.05, 4.69) is 14.7 Å². The zero-order valence-electron chi connectivity index (χ0n) is 15.0. The summed E-state index contributed by atoms with van der Waals surface area (Å²) in [5.41, 5.74) is 0.460. The molecule has 27 heavy (non-hydrogen) atoms. The molecule has 2 rings (SSSR count). The molecule has 2 aromatic rings. The van der Waals surface area contributed by atoms with Gasteiger partial charge in [-0.15, -0.1) is 0 Å². The number of hydrogen-bond donors (Lipinski definition) is 0. The zero-order valence-corrected chi connectivity index (χ0v) is 15.0. The third-order valence-corrected chi connectivity index (χ3v) is 4.18. The summed E-state index contributed by atoms with van der Waals surface area (Å²) >= 11 is 0. The highest BCUT2D eigenvalue weighted by Crippen LogP contribution is 2.37. The number of halogens is 5. The quantitative estimate of drug-likeness (QED) is 0.428. The largest absolute Gasteiger partial charge is 0.432 e. The Bertz CT molecular complexity index is 818. The summed E-state index contributed by atoms with van der Waals surface area (Å²) in [4.78, 5) is 8.04. The number of ether oxygens (including phenoxy) is 1. The van der Waals surface area contributed by atoms with Crippen molar-refractivity contribution >= 4 is 11.4 Å². The summed E-state index contributed by atoms with van der Waals surface area (Å²) < 4.78 is 68.8. The van der Waals surface area contributed by atoms with E-state index >= 15 is 0 Å². The molecule has 0 spiro atoms. The number of aliphatic imine (C=N–C) groups is 1. The predicted octanol–water partition coefficient (Wildman–Crippen LogP) is 6.36. The normalized spacial score (nSPS) is 13.7. The van der Waals surface area contributed by atoms with Gasteiger partial charge in [-0.3, -0.25) is 9.98 Å². The van der Waals surface area contributed by atoms with Gasteiger partial charge in [0.15, 0.2) is 5.75 Å². The molecule has 1 atom stereocenters. The first-order valence-electron chi connectivity index (χ1n) is 8.29. The summed E-state index contributed by atoms with van der Waals surface area (Å²) in [5.74, 6) is -0.209. The summed E-state index contributed by atoms with van der Waals surface area (Å²) in [6, 6.07) is 4.83. The van der Waals surface area contributed by atoms with Crippen LogP contribution in [0.2, 0.25) is 0 Å². The number of rotatable bonds is 6. The average molecular weight is 386 g/mol. The SMILES string of the molecule is CCC(C)c1ccc(C(F)(F)F)cc1N=C(C)c1ccncc1OC(F)F. The van der Waals surface area contributed by atoms with Gasteiger partial charge in [-0.25, -0.2) is 0 Å². The van der Waals surface area contributed by atoms with Crippen LogP contribution in [0.3, 0.4) is 0 Å². The second-order valence-corrected chi connectivity index (χ2v) is 6.03. The molecule has 0 amide bonds. The van der Waals surface area contributed by atoms with Crippen molar-refractivity contribution in [3.05, 3.63) is 53.3 Å². The molecule has 1 heterocycles. The van der Waals surface area contributed by atoms with Crippen LogP contribution in [0.5, 0.6) is 5.75 Å². The summed E-state index contributed by atoms with van der Waals surface area (Å²) in [6.45, 7) is 2.27. The first-order valence-corrected chi connectivity index (χ1v) is 8.29. The van der Waals surface area contributed by atoms with Crippen LogP contribution in [0.15, 0.2) is 41.7 Å². The first kappa shape index (κ1) is 20.8. The Morgan fingerprint density at radius 2 is 1.93 bits per heavy atom. The van der Waals surface area contributed by atoms with Crippen LogP contribution in [-0.4, -0.2) is 17.3 Å². The lowest BCUT2D eigenvalue weighted by Crippen LogP contribution is -2.08. The van der Waals surface area contributed by atoms with Crippen LogP contribution in [0.25, 0.3) is 0 Å². The van der Waals surface area contributed by atoms with E-state index in [1.807, 2.05) is 13.8 Å². The second kappa shape index (κ2) is 8.45. The van der Waals surface area contributed by atoms with Gasteiger partial charge < -0.3 is 4.74 Å². The number of aromatic nitrogens is 1. The van der Waals surface area contributed by atoms with Crippen molar-refractivity contribution in [1.29, 1.82) is 0 Å². The molecule has 0 saturated heterocycles. The van der Waals surface area contributed by atoms with Crippen molar-refractivity contribution in [2.24, 2.45) is 4.99 Å². The zero-order chi connectivity index (χ0) is 20.2. The smallest absolute Gasteiger partial charge is 0.416 e. The molecule has 3 nitrogen and oxygen atoms in total. The number of benzene rings is 1. The standard InChI is InChI=1S/C19H19F5N2O/c1-4-11(2)14-6-5-13(19(22,23)24)9-16(14)26-12(3)15-7-8-25-10-17(15)27-18(20)21/h5-11,18H,4H2,1-3H3. The van der Waals surface area contributed by atoms with Crippen molar-refractivity contribution in [2.45, 2.75) is 45.9 Å². The van der Waals surface area contributed by atoms with Crippen molar-refractivity contribution < 1.29 is 26.7 Å². The molecule has 0 aliphatic carbocycles. The number of nitrogens with zero attached hydrogens (tertiary/aromatic N) is 2. The molecular formula is C19H19F5N2O. The van der Waals surface area contributed by atoms with E-state index < -0.39 is 18.4 Å². The van der Waals surface area contributed by atoms with Gasteiger partial charge in [0.05, 0.1) is 17.4 Å². The Balaban J connectivity index is 2.56. The molecule has 0 aliphatic rings. The van der Waals surface area contributed by atoms with E-state index in [4.69, 9.17) is 0 Å². The van der Waals surface area contributed by atoms with Crippen LogP contribution in [0.1, 0.15) is 49.8 Å². The fraction of sp³-hybridized carbons (Fsp3) is 0.368. The Hall–Kier alpha value is -2.51. The van der Waals surface area contributed by atoms with E-state index in [0.29, 0.717) is 12.0 Å².